The van der Waals surface area contributed by atoms with Gasteiger partial charge in [0.25, 0.3) is 5.91 Å². The SMILES string of the molecule is CCCNc1ncc(Br)cc1C(=O)N(CC#N)CC#N. The van der Waals surface area contributed by atoms with Crippen LogP contribution in [0.15, 0.2) is 16.7 Å². The third kappa shape index (κ3) is 4.22. The Balaban J connectivity index is 3.09. The van der Waals surface area contributed by atoms with E-state index in [0.717, 1.165) is 6.42 Å². The van der Waals surface area contributed by atoms with Crippen molar-refractivity contribution in [3.8, 4) is 12.1 Å². The fourth-order valence-corrected chi connectivity index (χ4v) is 1.86. The monoisotopic (exact) mass is 335 g/mol. The van der Waals surface area contributed by atoms with Crippen LogP contribution in [-0.2, 0) is 0 Å². The summed E-state index contributed by atoms with van der Waals surface area (Å²) >= 11 is 3.27. The number of halogens is 1. The van der Waals surface area contributed by atoms with Gasteiger partial charge < -0.3 is 10.2 Å². The molecule has 1 aromatic heterocycles. The lowest BCUT2D eigenvalue weighted by Crippen LogP contribution is -2.32. The molecule has 0 aliphatic heterocycles. The van der Waals surface area contributed by atoms with Crippen LogP contribution in [-0.4, -0.2) is 35.4 Å². The van der Waals surface area contributed by atoms with Crippen LogP contribution >= 0.6 is 15.9 Å². The van der Waals surface area contributed by atoms with Gasteiger partial charge in [0.15, 0.2) is 0 Å². The van der Waals surface area contributed by atoms with E-state index in [2.05, 4.69) is 26.2 Å². The number of pyridine rings is 1. The van der Waals surface area contributed by atoms with Gasteiger partial charge in [0.05, 0.1) is 17.7 Å². The minimum absolute atomic E-state index is 0.133. The fourth-order valence-electron chi connectivity index (χ4n) is 1.53. The van der Waals surface area contributed by atoms with Gasteiger partial charge in [-0.2, -0.15) is 10.5 Å². The second kappa shape index (κ2) is 8.13. The average molecular weight is 336 g/mol. The highest BCUT2D eigenvalue weighted by Crippen LogP contribution is 2.20. The Morgan fingerprint density at radius 1 is 1.45 bits per heavy atom. The number of hydrogen-bond acceptors (Lipinski definition) is 5. The van der Waals surface area contributed by atoms with Crippen molar-refractivity contribution in [2.24, 2.45) is 0 Å². The largest absolute Gasteiger partial charge is 0.369 e. The Morgan fingerprint density at radius 3 is 2.65 bits per heavy atom. The summed E-state index contributed by atoms with van der Waals surface area (Å²) in [7, 11) is 0. The Bertz CT molecular complexity index is 545. The van der Waals surface area contributed by atoms with E-state index < -0.39 is 0 Å². The average Bonchev–Trinajstić information content (AvgIpc) is 2.45. The first-order valence-electron chi connectivity index (χ1n) is 6.06. The highest BCUT2D eigenvalue weighted by molar-refractivity contribution is 9.10. The first kappa shape index (κ1) is 15.9. The highest BCUT2D eigenvalue weighted by atomic mass is 79.9. The van der Waals surface area contributed by atoms with Gasteiger partial charge in [0.2, 0.25) is 0 Å². The van der Waals surface area contributed by atoms with Gasteiger partial charge >= 0.3 is 0 Å². The predicted octanol–water partition coefficient (Wildman–Crippen LogP) is 2.16. The van der Waals surface area contributed by atoms with Gasteiger partial charge in [-0.1, -0.05) is 6.92 Å². The summed E-state index contributed by atoms with van der Waals surface area (Å²) in [6.07, 6.45) is 2.49. The summed E-state index contributed by atoms with van der Waals surface area (Å²) in [5.74, 6) is 0.0708. The van der Waals surface area contributed by atoms with Crippen molar-refractivity contribution < 1.29 is 4.79 Å². The lowest BCUT2D eigenvalue weighted by atomic mass is 10.2. The zero-order valence-corrected chi connectivity index (χ0v) is 12.6. The minimum Gasteiger partial charge on any atom is -0.369 e. The van der Waals surface area contributed by atoms with Crippen molar-refractivity contribution in [3.63, 3.8) is 0 Å². The molecule has 0 aliphatic carbocycles. The normalized spacial score (nSPS) is 9.40. The first-order valence-corrected chi connectivity index (χ1v) is 6.85. The maximum atomic E-state index is 12.4. The van der Waals surface area contributed by atoms with Crippen molar-refractivity contribution in [2.45, 2.75) is 13.3 Å². The van der Waals surface area contributed by atoms with E-state index in [1.807, 2.05) is 19.1 Å². The zero-order valence-electron chi connectivity index (χ0n) is 11.1. The molecule has 1 rings (SSSR count). The molecular formula is C13H14BrN5O. The maximum Gasteiger partial charge on any atom is 0.259 e. The van der Waals surface area contributed by atoms with Gasteiger partial charge in [0.1, 0.15) is 18.9 Å². The van der Waals surface area contributed by atoms with E-state index in [9.17, 15) is 4.79 Å². The van der Waals surface area contributed by atoms with Gasteiger partial charge in [-0.15, -0.1) is 0 Å². The van der Waals surface area contributed by atoms with Crippen LogP contribution in [0.1, 0.15) is 23.7 Å². The van der Waals surface area contributed by atoms with E-state index >= 15 is 0 Å². The molecule has 0 atom stereocenters. The van der Waals surface area contributed by atoms with Crippen molar-refractivity contribution in [2.75, 3.05) is 25.0 Å². The molecule has 1 aromatic rings. The number of amides is 1. The number of aromatic nitrogens is 1. The summed E-state index contributed by atoms with van der Waals surface area (Å²) in [5, 5.41) is 20.5. The Kier molecular flexibility index (Phi) is 6.48. The quantitative estimate of drug-likeness (QED) is 0.804. The van der Waals surface area contributed by atoms with Gasteiger partial charge in [-0.3, -0.25) is 4.79 Å². The number of hydrogen-bond donors (Lipinski definition) is 1. The number of anilines is 1. The first-order chi connectivity index (χ1) is 9.63. The molecule has 20 heavy (non-hydrogen) atoms. The third-order valence-electron chi connectivity index (χ3n) is 2.44. The maximum absolute atomic E-state index is 12.4. The van der Waals surface area contributed by atoms with E-state index in [1.54, 1.807) is 12.3 Å². The summed E-state index contributed by atoms with van der Waals surface area (Å²) in [5.41, 5.74) is 0.346. The van der Waals surface area contributed by atoms with Crippen LogP contribution in [0.2, 0.25) is 0 Å². The second-order valence-corrected chi connectivity index (χ2v) is 4.87. The molecule has 0 bridgehead atoms. The van der Waals surface area contributed by atoms with Crippen LogP contribution in [0.25, 0.3) is 0 Å². The number of rotatable bonds is 6. The van der Waals surface area contributed by atoms with E-state index in [1.165, 1.54) is 4.90 Å². The molecule has 1 N–H and O–H groups in total. The molecule has 0 saturated heterocycles. The van der Waals surface area contributed by atoms with Crippen molar-refractivity contribution in [1.82, 2.24) is 9.88 Å². The number of carbonyl (C=O) groups excluding carboxylic acids is 1. The molecule has 6 nitrogen and oxygen atoms in total. The van der Waals surface area contributed by atoms with Crippen LogP contribution in [0.5, 0.6) is 0 Å². The van der Waals surface area contributed by atoms with Gasteiger partial charge in [0, 0.05) is 17.2 Å². The Labute approximate surface area is 126 Å². The smallest absolute Gasteiger partial charge is 0.259 e. The number of nitriles is 2. The van der Waals surface area contributed by atoms with E-state index in [4.69, 9.17) is 10.5 Å². The third-order valence-corrected chi connectivity index (χ3v) is 2.87. The van der Waals surface area contributed by atoms with Crippen LogP contribution < -0.4 is 5.32 Å². The summed E-state index contributed by atoms with van der Waals surface area (Å²) in [6.45, 7) is 2.43. The van der Waals surface area contributed by atoms with Crippen LogP contribution in [0, 0.1) is 22.7 Å². The molecule has 0 saturated carbocycles. The number of nitrogens with zero attached hydrogens (tertiary/aromatic N) is 4. The molecule has 1 heterocycles. The highest BCUT2D eigenvalue weighted by Gasteiger charge is 2.19. The lowest BCUT2D eigenvalue weighted by Gasteiger charge is -2.18. The Morgan fingerprint density at radius 2 is 2.10 bits per heavy atom. The minimum atomic E-state index is -0.388. The fraction of sp³-hybridized carbons (Fsp3) is 0.385. The van der Waals surface area contributed by atoms with Crippen molar-refractivity contribution in [1.29, 1.82) is 10.5 Å². The molecule has 0 unspecified atom stereocenters. The molecule has 0 radical (unpaired) electrons. The van der Waals surface area contributed by atoms with Gasteiger partial charge in [-0.05, 0) is 28.4 Å². The molecule has 0 fully saturated rings. The lowest BCUT2D eigenvalue weighted by molar-refractivity contribution is 0.0795. The molecular weight excluding hydrogens is 322 g/mol. The van der Waals surface area contributed by atoms with Crippen LogP contribution in [0.3, 0.4) is 0 Å². The topological polar surface area (TPSA) is 92.8 Å². The molecule has 7 heteroatoms. The predicted molar refractivity (Wildman–Crippen MR) is 77.8 cm³/mol. The molecule has 104 valence electrons. The standard InChI is InChI=1S/C13H14BrN5O/c1-2-5-17-12-11(8-10(14)9-18-12)13(20)19(6-3-15)7-4-16/h8-9H,2,5-7H2,1H3,(H,17,18). The zero-order chi connectivity index (χ0) is 15.0. The summed E-state index contributed by atoms with van der Waals surface area (Å²) in [6, 6.07) is 5.40. The summed E-state index contributed by atoms with van der Waals surface area (Å²) < 4.78 is 0.664. The van der Waals surface area contributed by atoms with Gasteiger partial charge in [-0.25, -0.2) is 4.98 Å². The number of carbonyl (C=O) groups is 1. The molecule has 1 amide bonds. The molecule has 0 aliphatic rings. The van der Waals surface area contributed by atoms with Crippen LogP contribution in [0.4, 0.5) is 5.82 Å². The second-order valence-electron chi connectivity index (χ2n) is 3.95. The Hall–Kier alpha value is -2.12. The van der Waals surface area contributed by atoms with E-state index in [-0.39, 0.29) is 19.0 Å². The molecule has 0 aromatic carbocycles. The summed E-state index contributed by atoms with van der Waals surface area (Å²) in [4.78, 5) is 17.7. The van der Waals surface area contributed by atoms with Crippen molar-refractivity contribution in [3.05, 3.63) is 22.3 Å². The van der Waals surface area contributed by atoms with E-state index in [0.29, 0.717) is 22.4 Å². The van der Waals surface area contributed by atoms with Crippen molar-refractivity contribution >= 4 is 27.7 Å². The number of nitrogens with one attached hydrogen (secondary N) is 1. The molecule has 0 spiro atoms.